The number of hydrogen-bond donors (Lipinski definition) is 2. The van der Waals surface area contributed by atoms with Crippen LogP contribution in [-0.4, -0.2) is 27.8 Å². The van der Waals surface area contributed by atoms with Crippen LogP contribution in [0.1, 0.15) is 23.2 Å². The number of aromatic nitrogens is 3. The molecule has 0 fully saturated rings. The summed E-state index contributed by atoms with van der Waals surface area (Å²) in [5.74, 6) is 0.567. The van der Waals surface area contributed by atoms with Gasteiger partial charge in [-0.25, -0.2) is 4.98 Å². The van der Waals surface area contributed by atoms with Gasteiger partial charge in [0.2, 0.25) is 11.0 Å². The first-order chi connectivity index (χ1) is 15.4. The minimum atomic E-state index is -0.176. The van der Waals surface area contributed by atoms with E-state index in [4.69, 9.17) is 4.74 Å². The van der Waals surface area contributed by atoms with E-state index in [1.807, 2.05) is 43.5 Å². The molecule has 2 aromatic heterocycles. The Bertz CT molecular complexity index is 1280. The lowest BCUT2D eigenvalue weighted by Crippen LogP contribution is -2.19. The number of hydrogen-bond acceptors (Lipinski definition) is 5. The van der Waals surface area contributed by atoms with Gasteiger partial charge in [0.05, 0.1) is 12.8 Å². The molecule has 0 unspecified atom stereocenters. The molecule has 0 saturated heterocycles. The highest BCUT2D eigenvalue weighted by Crippen LogP contribution is 2.24. The summed E-state index contributed by atoms with van der Waals surface area (Å²) in [6.07, 6.45) is 0.540. The normalized spacial score (nSPS) is 10.8. The first-order valence-corrected chi connectivity index (χ1v) is 11.1. The van der Waals surface area contributed by atoms with E-state index in [1.54, 1.807) is 31.4 Å². The summed E-state index contributed by atoms with van der Waals surface area (Å²) in [5.41, 5.74) is 4.84. The van der Waals surface area contributed by atoms with E-state index in [9.17, 15) is 9.59 Å². The van der Waals surface area contributed by atoms with Gasteiger partial charge < -0.3 is 10.1 Å². The predicted octanol–water partition coefficient (Wildman–Crippen LogP) is 4.49. The van der Waals surface area contributed by atoms with Crippen molar-refractivity contribution in [1.82, 2.24) is 14.8 Å². The molecule has 1 amide bonds. The lowest BCUT2D eigenvalue weighted by molar-refractivity contribution is -0.116. The molecule has 8 heteroatoms. The Labute approximate surface area is 189 Å². The van der Waals surface area contributed by atoms with Crippen LogP contribution in [0.15, 0.2) is 58.7 Å². The van der Waals surface area contributed by atoms with Crippen LogP contribution in [0.4, 0.5) is 5.69 Å². The van der Waals surface area contributed by atoms with E-state index in [0.29, 0.717) is 22.8 Å². The molecule has 0 saturated carbocycles. The van der Waals surface area contributed by atoms with Crippen LogP contribution in [0.5, 0.6) is 5.75 Å². The van der Waals surface area contributed by atoms with Crippen LogP contribution in [0.2, 0.25) is 0 Å². The van der Waals surface area contributed by atoms with E-state index in [-0.39, 0.29) is 17.9 Å². The van der Waals surface area contributed by atoms with E-state index < -0.39 is 0 Å². The molecule has 4 rings (SSSR count). The van der Waals surface area contributed by atoms with Gasteiger partial charge in [-0.3, -0.25) is 14.7 Å². The number of nitrogens with zero attached hydrogens (tertiary/aromatic N) is 2. The lowest BCUT2D eigenvalue weighted by atomic mass is 10.1. The maximum Gasteiger partial charge on any atom is 0.276 e. The minimum Gasteiger partial charge on any atom is -0.497 e. The summed E-state index contributed by atoms with van der Waals surface area (Å²) >= 11 is 1.40. The van der Waals surface area contributed by atoms with Crippen LogP contribution >= 0.6 is 11.3 Å². The van der Waals surface area contributed by atoms with Crippen LogP contribution in [-0.2, 0) is 11.2 Å². The highest BCUT2D eigenvalue weighted by Gasteiger charge is 2.16. The molecule has 0 aliphatic heterocycles. The minimum absolute atomic E-state index is 0.155. The van der Waals surface area contributed by atoms with Crippen molar-refractivity contribution in [2.75, 3.05) is 12.4 Å². The van der Waals surface area contributed by atoms with Crippen molar-refractivity contribution < 1.29 is 9.53 Å². The average Bonchev–Trinajstić information content (AvgIpc) is 3.38. The number of nitrogens with one attached hydrogen (secondary N) is 2. The first kappa shape index (κ1) is 21.6. The number of aromatic amines is 1. The predicted molar refractivity (Wildman–Crippen MR) is 127 cm³/mol. The van der Waals surface area contributed by atoms with Crippen molar-refractivity contribution in [3.8, 4) is 22.1 Å². The van der Waals surface area contributed by atoms with Gasteiger partial charge in [0, 0.05) is 34.3 Å². The molecule has 32 heavy (non-hydrogen) atoms. The molecule has 0 spiro atoms. The molecule has 4 aromatic rings. The van der Waals surface area contributed by atoms with Crippen LogP contribution in [0.3, 0.4) is 0 Å². The Balaban J connectivity index is 1.45. The van der Waals surface area contributed by atoms with Crippen LogP contribution in [0.25, 0.3) is 16.4 Å². The second kappa shape index (κ2) is 9.23. The lowest BCUT2D eigenvalue weighted by Gasteiger charge is -2.06. The van der Waals surface area contributed by atoms with Gasteiger partial charge in [-0.2, -0.15) is 4.68 Å². The summed E-state index contributed by atoms with van der Waals surface area (Å²) in [6.45, 7) is 3.87. The van der Waals surface area contributed by atoms with Gasteiger partial charge in [-0.05, 0) is 44.5 Å². The molecule has 2 heterocycles. The third-order valence-electron chi connectivity index (χ3n) is 5.20. The number of methoxy groups -OCH3 is 1. The fourth-order valence-electron chi connectivity index (χ4n) is 3.37. The molecule has 7 nitrogen and oxygen atoms in total. The molecule has 0 atom stereocenters. The number of carbonyl (C=O) groups excluding carboxylic acids is 1. The smallest absolute Gasteiger partial charge is 0.276 e. The molecule has 0 bridgehead atoms. The third kappa shape index (κ3) is 4.65. The molecule has 2 N–H and O–H groups in total. The SMILES string of the molecule is COc1ccc(NC(=O)CCc2c(C)[nH]n(-c3nc(-c4ccc(C)cc4)cs3)c2=O)cc1. The van der Waals surface area contributed by atoms with Crippen molar-refractivity contribution in [2.24, 2.45) is 0 Å². The molecule has 164 valence electrons. The van der Waals surface area contributed by atoms with Gasteiger partial charge in [0.15, 0.2) is 0 Å². The number of anilines is 1. The Morgan fingerprint density at radius 3 is 2.53 bits per heavy atom. The molecule has 0 radical (unpaired) electrons. The van der Waals surface area contributed by atoms with Crippen molar-refractivity contribution in [3.63, 3.8) is 0 Å². The van der Waals surface area contributed by atoms with Crippen LogP contribution in [0, 0.1) is 13.8 Å². The van der Waals surface area contributed by atoms with Gasteiger partial charge in [-0.15, -0.1) is 11.3 Å². The standard InChI is InChI=1S/C24H24N4O3S/c1-15-4-6-17(7-5-15)21-14-32-24(26-21)28-23(30)20(16(2)27-28)12-13-22(29)25-18-8-10-19(31-3)11-9-18/h4-11,14,27H,12-13H2,1-3H3,(H,25,29). The summed E-state index contributed by atoms with van der Waals surface area (Å²) in [6, 6.07) is 15.2. The van der Waals surface area contributed by atoms with Crippen LogP contribution < -0.4 is 15.6 Å². The second-order valence-electron chi connectivity index (χ2n) is 7.51. The van der Waals surface area contributed by atoms with Gasteiger partial charge >= 0.3 is 0 Å². The number of H-pyrrole nitrogens is 1. The zero-order valence-electron chi connectivity index (χ0n) is 18.1. The largest absolute Gasteiger partial charge is 0.497 e. The Kier molecular flexibility index (Phi) is 6.23. The van der Waals surface area contributed by atoms with Crippen molar-refractivity contribution in [3.05, 3.63) is 81.1 Å². The molecule has 2 aromatic carbocycles. The number of carbonyl (C=O) groups is 1. The fourth-order valence-corrected chi connectivity index (χ4v) is 4.16. The molecular weight excluding hydrogens is 424 g/mol. The van der Waals surface area contributed by atoms with E-state index in [2.05, 4.69) is 15.4 Å². The Morgan fingerprint density at radius 1 is 1.12 bits per heavy atom. The molecule has 0 aliphatic carbocycles. The summed E-state index contributed by atoms with van der Waals surface area (Å²) < 4.78 is 6.57. The number of benzene rings is 2. The van der Waals surface area contributed by atoms with Gasteiger partial charge in [0.25, 0.3) is 5.56 Å². The summed E-state index contributed by atoms with van der Waals surface area (Å²) in [7, 11) is 1.59. The molecule has 0 aliphatic rings. The number of rotatable bonds is 7. The van der Waals surface area contributed by atoms with E-state index in [1.165, 1.54) is 21.6 Å². The fraction of sp³-hybridized carbons (Fsp3) is 0.208. The van der Waals surface area contributed by atoms with Gasteiger partial charge in [-0.1, -0.05) is 29.8 Å². The van der Waals surface area contributed by atoms with Gasteiger partial charge in [0.1, 0.15) is 5.75 Å². The monoisotopic (exact) mass is 448 g/mol. The van der Waals surface area contributed by atoms with Crippen molar-refractivity contribution in [2.45, 2.75) is 26.7 Å². The highest BCUT2D eigenvalue weighted by atomic mass is 32.1. The quantitative estimate of drug-likeness (QED) is 0.436. The number of aryl methyl sites for hydroxylation is 2. The van der Waals surface area contributed by atoms with E-state index in [0.717, 1.165) is 22.7 Å². The van der Waals surface area contributed by atoms with E-state index >= 15 is 0 Å². The number of ether oxygens (including phenoxy) is 1. The maximum absolute atomic E-state index is 13.0. The average molecular weight is 449 g/mol. The maximum atomic E-state index is 13.0. The second-order valence-corrected chi connectivity index (χ2v) is 8.35. The zero-order valence-corrected chi connectivity index (χ0v) is 19.0. The van der Waals surface area contributed by atoms with Crippen molar-refractivity contribution in [1.29, 1.82) is 0 Å². The number of amides is 1. The Hall–Kier alpha value is -3.65. The number of thiazole rings is 1. The van der Waals surface area contributed by atoms with Crippen molar-refractivity contribution >= 4 is 22.9 Å². The summed E-state index contributed by atoms with van der Waals surface area (Å²) in [4.78, 5) is 29.9. The summed E-state index contributed by atoms with van der Waals surface area (Å²) in [5, 5.41) is 8.45. The third-order valence-corrected chi connectivity index (χ3v) is 6.03. The zero-order chi connectivity index (χ0) is 22.7. The topological polar surface area (TPSA) is 89.0 Å². The first-order valence-electron chi connectivity index (χ1n) is 10.2. The Morgan fingerprint density at radius 2 is 1.84 bits per heavy atom. The highest BCUT2D eigenvalue weighted by molar-refractivity contribution is 7.12. The molecular formula is C24H24N4O3S.